The van der Waals surface area contributed by atoms with Gasteiger partial charge in [0.1, 0.15) is 6.61 Å². The highest BCUT2D eigenvalue weighted by molar-refractivity contribution is 5.92. The number of hydrogen-bond donors (Lipinski definition) is 1. The lowest BCUT2D eigenvalue weighted by atomic mass is 9.54. The smallest absolute Gasteiger partial charge is 0.250 e. The number of benzene rings is 1. The first-order valence-electron chi connectivity index (χ1n) is 9.01. The second-order valence-corrected chi connectivity index (χ2v) is 8.01. The topological polar surface area (TPSA) is 56.8 Å². The van der Waals surface area contributed by atoms with Crippen molar-refractivity contribution in [2.75, 3.05) is 18.7 Å². The van der Waals surface area contributed by atoms with Crippen LogP contribution in [0.4, 0.5) is 5.69 Å². The molecular weight excluding hydrogens is 306 g/mol. The third-order valence-electron chi connectivity index (χ3n) is 6.15. The Kier molecular flexibility index (Phi) is 3.27. The molecule has 0 radical (unpaired) electrons. The van der Waals surface area contributed by atoms with E-state index in [2.05, 4.69) is 5.32 Å². The van der Waals surface area contributed by atoms with Gasteiger partial charge < -0.3 is 19.5 Å². The van der Waals surface area contributed by atoms with E-state index < -0.39 is 0 Å². The van der Waals surface area contributed by atoms with Crippen molar-refractivity contribution in [3.63, 3.8) is 0 Å². The molecule has 4 bridgehead atoms. The highest BCUT2D eigenvalue weighted by Crippen LogP contribution is 2.57. The maximum atomic E-state index is 12.3. The van der Waals surface area contributed by atoms with Crippen LogP contribution in [0.2, 0.25) is 0 Å². The van der Waals surface area contributed by atoms with Gasteiger partial charge in [0.15, 0.2) is 11.5 Å². The zero-order chi connectivity index (χ0) is 16.1. The van der Waals surface area contributed by atoms with Crippen LogP contribution in [0.25, 0.3) is 0 Å². The molecule has 0 unspecified atom stereocenters. The van der Waals surface area contributed by atoms with Crippen molar-refractivity contribution in [2.24, 2.45) is 17.8 Å². The molecule has 5 nitrogen and oxygen atoms in total. The molecule has 0 atom stereocenters. The third-order valence-corrected chi connectivity index (χ3v) is 6.15. The minimum atomic E-state index is -0.0930. The highest BCUT2D eigenvalue weighted by atomic mass is 16.7. The monoisotopic (exact) mass is 329 g/mol. The first kappa shape index (κ1) is 14.6. The van der Waals surface area contributed by atoms with E-state index in [1.165, 1.54) is 19.3 Å². The van der Waals surface area contributed by atoms with Crippen LogP contribution in [0.5, 0.6) is 11.5 Å². The number of carbonyl (C=O) groups is 1. The van der Waals surface area contributed by atoms with E-state index in [1.54, 1.807) is 6.07 Å². The normalized spacial score (nSPS) is 35.2. The van der Waals surface area contributed by atoms with Gasteiger partial charge in [-0.3, -0.25) is 4.79 Å². The first-order chi connectivity index (χ1) is 11.7. The van der Waals surface area contributed by atoms with Crippen molar-refractivity contribution in [2.45, 2.75) is 44.1 Å². The van der Waals surface area contributed by atoms with Crippen LogP contribution < -0.4 is 14.8 Å². The largest absolute Gasteiger partial charge is 0.454 e. The number of amides is 1. The van der Waals surface area contributed by atoms with Crippen molar-refractivity contribution >= 4 is 11.6 Å². The van der Waals surface area contributed by atoms with Crippen LogP contribution in [0.15, 0.2) is 18.2 Å². The van der Waals surface area contributed by atoms with Gasteiger partial charge in [0, 0.05) is 11.8 Å². The first-order valence-corrected chi connectivity index (χ1v) is 9.01. The molecule has 1 N–H and O–H groups in total. The van der Waals surface area contributed by atoms with Gasteiger partial charge in [-0.2, -0.15) is 0 Å². The number of rotatable bonds is 4. The second-order valence-electron chi connectivity index (χ2n) is 8.01. The highest BCUT2D eigenvalue weighted by Gasteiger charge is 2.51. The fraction of sp³-hybridized carbons (Fsp3) is 0.632. The van der Waals surface area contributed by atoms with Gasteiger partial charge in [-0.25, -0.2) is 0 Å². The number of ether oxygens (including phenoxy) is 3. The van der Waals surface area contributed by atoms with E-state index in [0.717, 1.165) is 48.5 Å². The van der Waals surface area contributed by atoms with Gasteiger partial charge in [-0.05, 0) is 68.4 Å². The van der Waals surface area contributed by atoms with Gasteiger partial charge >= 0.3 is 0 Å². The van der Waals surface area contributed by atoms with Gasteiger partial charge in [0.2, 0.25) is 12.7 Å². The summed E-state index contributed by atoms with van der Waals surface area (Å²) in [4.78, 5) is 12.3. The fourth-order valence-corrected chi connectivity index (χ4v) is 5.60. The number of anilines is 1. The molecule has 24 heavy (non-hydrogen) atoms. The molecule has 1 aromatic carbocycles. The molecule has 1 heterocycles. The standard InChI is InChI=1S/C19H23NO4/c21-18(20-15-1-2-16-17(6-15)23-11-22-16)10-24-19-7-12-3-13(8-19)5-14(4-12)9-19/h1-2,6,12-14H,3-5,7-11H2,(H,20,21). The average Bonchev–Trinajstić information content (AvgIpc) is 2.99. The number of carbonyl (C=O) groups excluding carboxylic acids is 1. The van der Waals surface area contributed by atoms with Crippen LogP contribution in [0, 0.1) is 17.8 Å². The SMILES string of the molecule is O=C(COC12CC3CC(CC(C3)C1)C2)Nc1ccc2c(c1)OCO2. The zero-order valence-electron chi connectivity index (χ0n) is 13.8. The quantitative estimate of drug-likeness (QED) is 0.920. The Balaban J connectivity index is 1.20. The van der Waals surface area contributed by atoms with E-state index >= 15 is 0 Å². The Hall–Kier alpha value is -1.75. The van der Waals surface area contributed by atoms with Crippen LogP contribution in [-0.2, 0) is 9.53 Å². The van der Waals surface area contributed by atoms with Crippen LogP contribution in [-0.4, -0.2) is 24.9 Å². The van der Waals surface area contributed by atoms with Crippen molar-refractivity contribution in [1.29, 1.82) is 0 Å². The van der Waals surface area contributed by atoms with Gasteiger partial charge in [0.25, 0.3) is 0 Å². The fourth-order valence-electron chi connectivity index (χ4n) is 5.60. The number of nitrogens with one attached hydrogen (secondary N) is 1. The summed E-state index contributed by atoms with van der Waals surface area (Å²) in [6, 6.07) is 5.44. The average molecular weight is 329 g/mol. The van der Waals surface area contributed by atoms with Crippen LogP contribution in [0.1, 0.15) is 38.5 Å². The van der Waals surface area contributed by atoms with E-state index in [-0.39, 0.29) is 24.9 Å². The molecule has 4 saturated carbocycles. The molecule has 1 aromatic rings. The molecular formula is C19H23NO4. The Labute approximate surface area is 141 Å². The summed E-state index contributed by atoms with van der Waals surface area (Å²) in [5.41, 5.74) is 0.694. The maximum Gasteiger partial charge on any atom is 0.250 e. The third kappa shape index (κ3) is 2.55. The number of fused-ring (bicyclic) bond motifs is 1. The predicted molar refractivity (Wildman–Crippen MR) is 88.0 cm³/mol. The Bertz CT molecular complexity index is 636. The molecule has 1 amide bonds. The van der Waals surface area contributed by atoms with Crippen molar-refractivity contribution in [3.8, 4) is 11.5 Å². The summed E-state index contributed by atoms with van der Waals surface area (Å²) < 4.78 is 16.8. The lowest BCUT2D eigenvalue weighted by Crippen LogP contribution is -2.52. The van der Waals surface area contributed by atoms with Gasteiger partial charge in [0.05, 0.1) is 5.60 Å². The maximum absolute atomic E-state index is 12.3. The van der Waals surface area contributed by atoms with E-state index in [1.807, 2.05) is 12.1 Å². The molecule has 4 fully saturated rings. The molecule has 6 rings (SSSR count). The summed E-state index contributed by atoms with van der Waals surface area (Å²) in [7, 11) is 0. The molecule has 4 aliphatic carbocycles. The lowest BCUT2D eigenvalue weighted by molar-refractivity contribution is -0.167. The molecule has 128 valence electrons. The van der Waals surface area contributed by atoms with Crippen LogP contribution >= 0.6 is 0 Å². The Morgan fingerprint density at radius 2 is 1.75 bits per heavy atom. The summed E-state index contributed by atoms with van der Waals surface area (Å²) in [5, 5.41) is 2.90. The molecule has 5 heteroatoms. The summed E-state index contributed by atoms with van der Waals surface area (Å²) >= 11 is 0. The summed E-state index contributed by atoms with van der Waals surface area (Å²) in [6.45, 7) is 0.377. The second kappa shape index (κ2) is 5.38. The van der Waals surface area contributed by atoms with Crippen molar-refractivity contribution < 1.29 is 19.0 Å². The van der Waals surface area contributed by atoms with Gasteiger partial charge in [-0.1, -0.05) is 0 Å². The Morgan fingerprint density at radius 3 is 2.46 bits per heavy atom. The lowest BCUT2D eigenvalue weighted by Gasteiger charge is -2.56. The Morgan fingerprint density at radius 1 is 1.08 bits per heavy atom. The van der Waals surface area contributed by atoms with E-state index in [9.17, 15) is 4.79 Å². The molecule has 0 spiro atoms. The molecule has 0 aromatic heterocycles. The number of hydrogen-bond acceptors (Lipinski definition) is 4. The molecule has 5 aliphatic rings. The van der Waals surface area contributed by atoms with Gasteiger partial charge in [-0.15, -0.1) is 0 Å². The minimum Gasteiger partial charge on any atom is -0.454 e. The van der Waals surface area contributed by atoms with Crippen molar-refractivity contribution in [1.82, 2.24) is 0 Å². The van der Waals surface area contributed by atoms with E-state index in [4.69, 9.17) is 14.2 Å². The molecule has 1 aliphatic heterocycles. The van der Waals surface area contributed by atoms with Crippen LogP contribution in [0.3, 0.4) is 0 Å². The summed E-state index contributed by atoms with van der Waals surface area (Å²) in [5.74, 6) is 3.78. The van der Waals surface area contributed by atoms with Crippen molar-refractivity contribution in [3.05, 3.63) is 18.2 Å². The molecule has 0 saturated heterocycles. The predicted octanol–water partition coefficient (Wildman–Crippen LogP) is 3.34. The zero-order valence-corrected chi connectivity index (χ0v) is 13.8. The minimum absolute atomic E-state index is 0.0268. The van der Waals surface area contributed by atoms with E-state index in [0.29, 0.717) is 5.75 Å². The summed E-state index contributed by atoms with van der Waals surface area (Å²) in [6.07, 6.45) is 7.59.